The minimum Gasteiger partial charge on any atom is -0.313 e. The van der Waals surface area contributed by atoms with Crippen molar-refractivity contribution in [3.05, 3.63) is 0 Å². The second-order valence-electron chi connectivity index (χ2n) is 3.45. The summed E-state index contributed by atoms with van der Waals surface area (Å²) in [5.74, 6) is 0.996. The fourth-order valence-electron chi connectivity index (χ4n) is 1.11. The van der Waals surface area contributed by atoms with E-state index in [1.807, 2.05) is 27.7 Å². The summed E-state index contributed by atoms with van der Waals surface area (Å²) >= 11 is 0. The van der Waals surface area contributed by atoms with Crippen molar-refractivity contribution in [3.8, 4) is 0 Å². The summed E-state index contributed by atoms with van der Waals surface area (Å²) in [7, 11) is 0. The topological polar surface area (TPSA) is 41.5 Å². The van der Waals surface area contributed by atoms with Crippen LogP contribution in [0.5, 0.6) is 0 Å². The summed E-state index contributed by atoms with van der Waals surface area (Å²) in [4.78, 5) is 15.6. The zero-order valence-electron chi connectivity index (χ0n) is 7.43. The number of amidine groups is 1. The van der Waals surface area contributed by atoms with Crippen molar-refractivity contribution in [2.45, 2.75) is 33.2 Å². The second kappa shape index (κ2) is 2.32. The van der Waals surface area contributed by atoms with E-state index in [1.165, 1.54) is 0 Å². The predicted octanol–water partition coefficient (Wildman–Crippen LogP) is 0.949. The molecule has 0 bridgehead atoms. The van der Waals surface area contributed by atoms with E-state index in [1.54, 1.807) is 0 Å². The number of carbonyl (C=O) groups excluding carboxylic acids is 1. The van der Waals surface area contributed by atoms with Crippen LogP contribution in [-0.4, -0.2) is 17.3 Å². The number of aliphatic imine (C=N–C) groups is 1. The number of nitrogens with one attached hydrogen (secondary N) is 1. The number of nitrogens with zero attached hydrogens (tertiary/aromatic N) is 1. The first-order valence-electron chi connectivity index (χ1n) is 3.84. The Morgan fingerprint density at radius 2 is 2.09 bits per heavy atom. The Kier molecular flexibility index (Phi) is 1.74. The molecule has 11 heavy (non-hydrogen) atoms. The van der Waals surface area contributed by atoms with Crippen LogP contribution in [0.2, 0.25) is 0 Å². The molecule has 0 saturated carbocycles. The van der Waals surface area contributed by atoms with Crippen molar-refractivity contribution in [1.29, 1.82) is 0 Å². The predicted molar refractivity (Wildman–Crippen MR) is 44.5 cm³/mol. The third-order valence-electron chi connectivity index (χ3n) is 2.28. The summed E-state index contributed by atoms with van der Waals surface area (Å²) in [5, 5.41) is 2.70. The molecule has 1 atom stereocenters. The largest absolute Gasteiger partial charge is 0.313 e. The average Bonchev–Trinajstić information content (AvgIpc) is 2.08. The van der Waals surface area contributed by atoms with E-state index in [-0.39, 0.29) is 11.8 Å². The molecule has 1 aliphatic rings. The van der Waals surface area contributed by atoms with Gasteiger partial charge < -0.3 is 5.32 Å². The fourth-order valence-corrected chi connectivity index (χ4v) is 1.11. The second-order valence-corrected chi connectivity index (χ2v) is 3.45. The number of rotatable bonds is 1. The van der Waals surface area contributed by atoms with E-state index < -0.39 is 5.54 Å². The van der Waals surface area contributed by atoms with E-state index >= 15 is 0 Å². The standard InChI is InChI=1S/C8H14N2O/c1-5(2)8(4)7(11)9-6(3)10-8/h5H,1-4H3,(H,9,10,11)/t8-/m0/s1. The molecule has 0 saturated heterocycles. The highest BCUT2D eigenvalue weighted by Gasteiger charge is 2.40. The molecule has 1 N–H and O–H groups in total. The third kappa shape index (κ3) is 1.15. The highest BCUT2D eigenvalue weighted by Crippen LogP contribution is 2.24. The van der Waals surface area contributed by atoms with Crippen LogP contribution >= 0.6 is 0 Å². The van der Waals surface area contributed by atoms with Gasteiger partial charge in [0.15, 0.2) is 0 Å². The van der Waals surface area contributed by atoms with Gasteiger partial charge in [0.05, 0.1) is 0 Å². The van der Waals surface area contributed by atoms with Crippen LogP contribution in [0.1, 0.15) is 27.7 Å². The van der Waals surface area contributed by atoms with Gasteiger partial charge in [-0.15, -0.1) is 0 Å². The van der Waals surface area contributed by atoms with Gasteiger partial charge in [0.2, 0.25) is 0 Å². The molecule has 3 nitrogen and oxygen atoms in total. The number of hydrogen-bond acceptors (Lipinski definition) is 2. The Morgan fingerprint density at radius 1 is 1.55 bits per heavy atom. The molecule has 0 aromatic carbocycles. The lowest BCUT2D eigenvalue weighted by Gasteiger charge is -2.21. The first-order chi connectivity index (χ1) is 4.97. The molecule has 0 aliphatic carbocycles. The van der Waals surface area contributed by atoms with Gasteiger partial charge in [0, 0.05) is 0 Å². The maximum atomic E-state index is 11.3. The molecule has 0 aromatic rings. The molecular weight excluding hydrogens is 140 g/mol. The number of amides is 1. The molecule has 0 fully saturated rings. The molecule has 3 heteroatoms. The van der Waals surface area contributed by atoms with Gasteiger partial charge in [-0.3, -0.25) is 9.79 Å². The van der Waals surface area contributed by atoms with Gasteiger partial charge in [-0.25, -0.2) is 0 Å². The van der Waals surface area contributed by atoms with E-state index in [2.05, 4.69) is 10.3 Å². The molecule has 0 aromatic heterocycles. The minimum atomic E-state index is -0.538. The third-order valence-corrected chi connectivity index (χ3v) is 2.28. The van der Waals surface area contributed by atoms with E-state index in [9.17, 15) is 4.79 Å². The van der Waals surface area contributed by atoms with E-state index in [0.717, 1.165) is 5.84 Å². The van der Waals surface area contributed by atoms with Crippen LogP contribution in [0.25, 0.3) is 0 Å². The normalized spacial score (nSPS) is 30.6. The van der Waals surface area contributed by atoms with Crippen LogP contribution in [0, 0.1) is 5.92 Å². The van der Waals surface area contributed by atoms with Gasteiger partial charge in [-0.2, -0.15) is 0 Å². The highest BCUT2D eigenvalue weighted by molar-refractivity contribution is 6.07. The van der Waals surface area contributed by atoms with Gasteiger partial charge >= 0.3 is 0 Å². The zero-order valence-corrected chi connectivity index (χ0v) is 7.43. The van der Waals surface area contributed by atoms with Gasteiger partial charge in [0.1, 0.15) is 11.4 Å². The Hall–Kier alpha value is -0.860. The summed E-state index contributed by atoms with van der Waals surface area (Å²) < 4.78 is 0. The quantitative estimate of drug-likeness (QED) is 0.600. The Labute approximate surface area is 66.9 Å². The molecule has 1 amide bonds. The van der Waals surface area contributed by atoms with Gasteiger partial charge in [-0.05, 0) is 19.8 Å². The Balaban J connectivity index is 2.94. The lowest BCUT2D eigenvalue weighted by atomic mass is 9.89. The van der Waals surface area contributed by atoms with Crippen molar-refractivity contribution in [2.24, 2.45) is 10.9 Å². The smallest absolute Gasteiger partial charge is 0.253 e. The van der Waals surface area contributed by atoms with E-state index in [0.29, 0.717) is 0 Å². The SMILES string of the molecule is CC1=N[C@@](C)(C(C)C)C(=O)N1. The van der Waals surface area contributed by atoms with Crippen LogP contribution in [-0.2, 0) is 4.79 Å². The van der Waals surface area contributed by atoms with Gasteiger partial charge in [-0.1, -0.05) is 13.8 Å². The van der Waals surface area contributed by atoms with Crippen LogP contribution in [0.4, 0.5) is 0 Å². The Morgan fingerprint density at radius 3 is 2.27 bits per heavy atom. The summed E-state index contributed by atoms with van der Waals surface area (Å²) in [6, 6.07) is 0. The summed E-state index contributed by atoms with van der Waals surface area (Å²) in [6.07, 6.45) is 0. The lowest BCUT2D eigenvalue weighted by molar-refractivity contribution is -0.124. The van der Waals surface area contributed by atoms with Crippen LogP contribution in [0.15, 0.2) is 4.99 Å². The first-order valence-corrected chi connectivity index (χ1v) is 3.84. The fraction of sp³-hybridized carbons (Fsp3) is 0.750. The van der Waals surface area contributed by atoms with Crippen LogP contribution in [0.3, 0.4) is 0 Å². The average molecular weight is 154 g/mol. The summed E-state index contributed by atoms with van der Waals surface area (Å²) in [6.45, 7) is 7.68. The molecule has 0 unspecified atom stereocenters. The first kappa shape index (κ1) is 8.24. The molecule has 1 rings (SSSR count). The van der Waals surface area contributed by atoms with Crippen molar-refractivity contribution in [3.63, 3.8) is 0 Å². The molecule has 0 radical (unpaired) electrons. The monoisotopic (exact) mass is 154 g/mol. The zero-order chi connectivity index (χ0) is 8.65. The number of hydrogen-bond donors (Lipinski definition) is 1. The minimum absolute atomic E-state index is 0.0185. The lowest BCUT2D eigenvalue weighted by Crippen LogP contribution is -2.40. The van der Waals surface area contributed by atoms with Crippen molar-refractivity contribution in [2.75, 3.05) is 0 Å². The van der Waals surface area contributed by atoms with E-state index in [4.69, 9.17) is 0 Å². The maximum Gasteiger partial charge on any atom is 0.253 e. The van der Waals surface area contributed by atoms with Crippen LogP contribution < -0.4 is 5.32 Å². The summed E-state index contributed by atoms with van der Waals surface area (Å²) in [5.41, 5.74) is -0.538. The Bertz CT molecular complexity index is 220. The highest BCUT2D eigenvalue weighted by atomic mass is 16.2. The van der Waals surface area contributed by atoms with Crippen molar-refractivity contribution in [1.82, 2.24) is 5.32 Å². The molecule has 0 spiro atoms. The van der Waals surface area contributed by atoms with Crippen molar-refractivity contribution < 1.29 is 4.79 Å². The maximum absolute atomic E-state index is 11.3. The molecule has 62 valence electrons. The molecule has 1 aliphatic heterocycles. The number of carbonyl (C=O) groups is 1. The van der Waals surface area contributed by atoms with Gasteiger partial charge in [0.25, 0.3) is 5.91 Å². The van der Waals surface area contributed by atoms with Crippen molar-refractivity contribution >= 4 is 11.7 Å². The molecule has 1 heterocycles. The molecular formula is C8H14N2O.